The number of carbonyl (C=O) groups is 1. The van der Waals surface area contributed by atoms with Crippen molar-refractivity contribution in [1.29, 1.82) is 0 Å². The predicted octanol–water partition coefficient (Wildman–Crippen LogP) is 2.63. The van der Waals surface area contributed by atoms with Crippen molar-refractivity contribution in [1.82, 2.24) is 5.32 Å². The van der Waals surface area contributed by atoms with Crippen molar-refractivity contribution in [2.45, 2.75) is 37.6 Å². The lowest BCUT2D eigenvalue weighted by molar-refractivity contribution is -0.142. The number of rotatable bonds is 1. The number of carbonyl (C=O) groups excluding carboxylic acids is 1. The van der Waals surface area contributed by atoms with Crippen molar-refractivity contribution in [2.24, 2.45) is 0 Å². The molecule has 18 heavy (non-hydrogen) atoms. The summed E-state index contributed by atoms with van der Waals surface area (Å²) in [5.74, 6) is -1.53. The van der Waals surface area contributed by atoms with Gasteiger partial charge in [0.05, 0.1) is 5.54 Å². The number of halogens is 3. The summed E-state index contributed by atoms with van der Waals surface area (Å²) in [5.41, 5.74) is -3.76. The topological polar surface area (TPSA) is 29.1 Å². The van der Waals surface area contributed by atoms with Crippen LogP contribution in [0.15, 0.2) is 24.3 Å². The molecule has 0 aromatic heterocycles. The van der Waals surface area contributed by atoms with E-state index in [4.69, 9.17) is 0 Å². The Labute approximate surface area is 103 Å². The molecule has 1 N–H and O–H groups in total. The van der Waals surface area contributed by atoms with Gasteiger partial charge in [0.15, 0.2) is 5.67 Å². The molecule has 0 radical (unpaired) electrons. The highest BCUT2D eigenvalue weighted by Gasteiger charge is 2.52. The Kier molecular flexibility index (Phi) is 2.87. The molecule has 1 saturated heterocycles. The van der Waals surface area contributed by atoms with Crippen LogP contribution in [0.25, 0.3) is 0 Å². The van der Waals surface area contributed by atoms with Gasteiger partial charge in [-0.15, -0.1) is 0 Å². The maximum Gasteiger partial charge on any atom is 0.258 e. The van der Waals surface area contributed by atoms with Crippen molar-refractivity contribution in [3.63, 3.8) is 0 Å². The van der Waals surface area contributed by atoms with Gasteiger partial charge in [0.2, 0.25) is 0 Å². The largest absolute Gasteiger partial charge is 0.341 e. The lowest BCUT2D eigenvalue weighted by Gasteiger charge is -2.42. The van der Waals surface area contributed by atoms with E-state index in [0.717, 1.165) is 6.92 Å². The molecule has 1 aromatic rings. The Morgan fingerprint density at radius 3 is 2.56 bits per heavy atom. The maximum absolute atomic E-state index is 14.1. The zero-order chi connectivity index (χ0) is 13.6. The molecule has 3 atom stereocenters. The number of amides is 1. The maximum atomic E-state index is 14.1. The standard InChI is InChI=1S/C13H14F3NO/c1-12(16)7-10(15)13(2,17-11(12)18)8-5-3-4-6-9(8)14/h3-6,10H,7H2,1-2H3,(H,17,18)/t10-,12+,13-/m1/s1. The van der Waals surface area contributed by atoms with E-state index in [1.807, 2.05) is 0 Å². The minimum Gasteiger partial charge on any atom is -0.341 e. The summed E-state index contributed by atoms with van der Waals surface area (Å²) < 4.78 is 41.6. The van der Waals surface area contributed by atoms with Crippen LogP contribution in [0.3, 0.4) is 0 Å². The minimum atomic E-state index is -2.26. The molecular formula is C13H14F3NO. The lowest BCUT2D eigenvalue weighted by Crippen LogP contribution is -2.62. The van der Waals surface area contributed by atoms with Crippen LogP contribution >= 0.6 is 0 Å². The highest BCUT2D eigenvalue weighted by atomic mass is 19.2. The van der Waals surface area contributed by atoms with Crippen molar-refractivity contribution in [2.75, 3.05) is 0 Å². The average Bonchev–Trinajstić information content (AvgIpc) is 2.27. The van der Waals surface area contributed by atoms with Crippen molar-refractivity contribution < 1.29 is 18.0 Å². The van der Waals surface area contributed by atoms with E-state index in [1.54, 1.807) is 6.07 Å². The molecule has 2 nitrogen and oxygen atoms in total. The normalized spacial score (nSPS) is 36.3. The van der Waals surface area contributed by atoms with Crippen molar-refractivity contribution in [3.8, 4) is 0 Å². The third kappa shape index (κ3) is 1.87. The number of hydrogen-bond donors (Lipinski definition) is 1. The number of piperidine rings is 1. The summed E-state index contributed by atoms with van der Waals surface area (Å²) in [4.78, 5) is 11.6. The fourth-order valence-electron chi connectivity index (χ4n) is 2.20. The molecule has 1 amide bonds. The summed E-state index contributed by atoms with van der Waals surface area (Å²) in [6.07, 6.45) is -2.27. The third-order valence-electron chi connectivity index (χ3n) is 3.47. The van der Waals surface area contributed by atoms with Crippen molar-refractivity contribution >= 4 is 5.91 Å². The van der Waals surface area contributed by atoms with Crippen LogP contribution in [-0.2, 0) is 10.3 Å². The van der Waals surface area contributed by atoms with Crippen LogP contribution in [0.2, 0.25) is 0 Å². The highest BCUT2D eigenvalue weighted by molar-refractivity contribution is 5.86. The zero-order valence-corrected chi connectivity index (χ0v) is 10.1. The number of hydrogen-bond acceptors (Lipinski definition) is 1. The first-order valence-electron chi connectivity index (χ1n) is 5.68. The fraction of sp³-hybridized carbons (Fsp3) is 0.462. The highest BCUT2D eigenvalue weighted by Crippen LogP contribution is 2.38. The van der Waals surface area contributed by atoms with E-state index in [9.17, 15) is 18.0 Å². The summed E-state index contributed by atoms with van der Waals surface area (Å²) in [6, 6.07) is 5.59. The Balaban J connectivity index is 2.44. The Hall–Kier alpha value is -1.52. The predicted molar refractivity (Wildman–Crippen MR) is 60.9 cm³/mol. The molecular weight excluding hydrogens is 243 g/mol. The molecule has 0 saturated carbocycles. The number of benzene rings is 1. The van der Waals surface area contributed by atoms with Gasteiger partial charge in [-0.05, 0) is 19.9 Å². The molecule has 1 fully saturated rings. The van der Waals surface area contributed by atoms with Crippen LogP contribution in [0.5, 0.6) is 0 Å². The second-order valence-corrected chi connectivity index (χ2v) is 5.01. The summed E-state index contributed by atoms with van der Waals surface area (Å²) >= 11 is 0. The van der Waals surface area contributed by atoms with Gasteiger partial charge in [-0.1, -0.05) is 18.2 Å². The second kappa shape index (κ2) is 4.00. The monoisotopic (exact) mass is 257 g/mol. The van der Waals surface area contributed by atoms with Gasteiger partial charge < -0.3 is 5.32 Å². The second-order valence-electron chi connectivity index (χ2n) is 5.01. The molecule has 1 aromatic carbocycles. The smallest absolute Gasteiger partial charge is 0.258 e. The van der Waals surface area contributed by atoms with Crippen LogP contribution in [0.1, 0.15) is 25.8 Å². The van der Waals surface area contributed by atoms with Gasteiger partial charge in [0.25, 0.3) is 5.91 Å². The average molecular weight is 257 g/mol. The summed E-state index contributed by atoms with van der Waals surface area (Å²) in [7, 11) is 0. The number of nitrogens with one attached hydrogen (secondary N) is 1. The third-order valence-corrected chi connectivity index (χ3v) is 3.47. The van der Waals surface area contributed by atoms with Gasteiger partial charge in [0, 0.05) is 12.0 Å². The number of alkyl halides is 2. The van der Waals surface area contributed by atoms with E-state index in [0.29, 0.717) is 0 Å². The molecule has 98 valence electrons. The van der Waals surface area contributed by atoms with Crippen LogP contribution in [0, 0.1) is 5.82 Å². The molecule has 2 rings (SSSR count). The van der Waals surface area contributed by atoms with Gasteiger partial charge in [0.1, 0.15) is 12.0 Å². The Bertz CT molecular complexity index is 489. The molecule has 1 heterocycles. The van der Waals surface area contributed by atoms with E-state index < -0.39 is 35.5 Å². The Morgan fingerprint density at radius 2 is 1.94 bits per heavy atom. The van der Waals surface area contributed by atoms with Gasteiger partial charge >= 0.3 is 0 Å². The molecule has 0 unspecified atom stereocenters. The lowest BCUT2D eigenvalue weighted by atomic mass is 9.78. The molecule has 0 bridgehead atoms. The first-order chi connectivity index (χ1) is 8.27. The molecule has 1 aliphatic heterocycles. The summed E-state index contributed by atoms with van der Waals surface area (Å²) in [6.45, 7) is 2.39. The zero-order valence-electron chi connectivity index (χ0n) is 10.1. The van der Waals surface area contributed by atoms with Gasteiger partial charge in [-0.2, -0.15) is 0 Å². The quantitative estimate of drug-likeness (QED) is 0.823. The van der Waals surface area contributed by atoms with E-state index in [-0.39, 0.29) is 5.56 Å². The minimum absolute atomic E-state index is 0.0290. The van der Waals surface area contributed by atoms with E-state index >= 15 is 0 Å². The Morgan fingerprint density at radius 1 is 1.33 bits per heavy atom. The first kappa shape index (κ1) is 12.9. The van der Waals surface area contributed by atoms with Crippen LogP contribution in [0.4, 0.5) is 13.2 Å². The van der Waals surface area contributed by atoms with E-state index in [1.165, 1.54) is 25.1 Å². The molecule has 0 spiro atoms. The first-order valence-corrected chi connectivity index (χ1v) is 5.68. The fourth-order valence-corrected chi connectivity index (χ4v) is 2.20. The molecule has 0 aliphatic carbocycles. The van der Waals surface area contributed by atoms with Gasteiger partial charge in [-0.25, -0.2) is 13.2 Å². The SMILES string of the molecule is C[C@]1(F)C[C@@H](F)[C@@](C)(c2ccccc2F)NC1=O. The molecule has 1 aliphatic rings. The molecule has 5 heteroatoms. The van der Waals surface area contributed by atoms with Gasteiger partial charge in [-0.3, -0.25) is 4.79 Å². The van der Waals surface area contributed by atoms with Crippen LogP contribution < -0.4 is 5.32 Å². The van der Waals surface area contributed by atoms with E-state index in [2.05, 4.69) is 5.32 Å². The van der Waals surface area contributed by atoms with Crippen molar-refractivity contribution in [3.05, 3.63) is 35.6 Å². The van der Waals surface area contributed by atoms with Crippen LogP contribution in [-0.4, -0.2) is 17.7 Å². The summed E-state index contributed by atoms with van der Waals surface area (Å²) in [5, 5.41) is 2.26.